The summed E-state index contributed by atoms with van der Waals surface area (Å²) in [5.74, 6) is 1.53. The number of aliphatic hydroxyl groups is 3. The molecule has 0 aromatic rings. The molecule has 4 aliphatic carbocycles. The van der Waals surface area contributed by atoms with Crippen LogP contribution in [-0.4, -0.2) is 52.4 Å². The molecule has 3 unspecified atom stereocenters. The van der Waals surface area contributed by atoms with Crippen molar-refractivity contribution in [3.63, 3.8) is 0 Å². The van der Waals surface area contributed by atoms with Gasteiger partial charge in [-0.1, -0.05) is 34.1 Å². The maximum Gasteiger partial charge on any atom is 0.264 e. The van der Waals surface area contributed by atoms with Gasteiger partial charge in [0.1, 0.15) is 0 Å². The zero-order chi connectivity index (χ0) is 24.3. The van der Waals surface area contributed by atoms with Gasteiger partial charge in [0.05, 0.1) is 24.1 Å². The largest absolute Gasteiger partial charge is 0.393 e. The molecule has 0 amide bonds. The summed E-state index contributed by atoms with van der Waals surface area (Å²) in [6, 6.07) is 0. The number of hydrogen-bond donors (Lipinski definition) is 4. The Balaban J connectivity index is 1.61. The van der Waals surface area contributed by atoms with E-state index in [1.54, 1.807) is 0 Å². The molecule has 4 rings (SSSR count). The first kappa shape index (κ1) is 25.9. The van der Waals surface area contributed by atoms with Crippen molar-refractivity contribution >= 4 is 10.1 Å². The lowest BCUT2D eigenvalue weighted by Crippen LogP contribution is -2.65. The summed E-state index contributed by atoms with van der Waals surface area (Å²) in [4.78, 5) is 0. The predicted octanol–water partition coefficient (Wildman–Crippen LogP) is 3.89. The lowest BCUT2D eigenvalue weighted by molar-refractivity contribution is -0.228. The van der Waals surface area contributed by atoms with Gasteiger partial charge in [0, 0.05) is 0 Å². The van der Waals surface area contributed by atoms with E-state index in [9.17, 15) is 23.7 Å². The first-order valence-electron chi connectivity index (χ1n) is 13.3. The van der Waals surface area contributed by atoms with E-state index in [0.717, 1.165) is 38.5 Å². The second kappa shape index (κ2) is 9.02. The Morgan fingerprint density at radius 3 is 2.33 bits per heavy atom. The molecule has 0 aromatic heterocycles. The molecule has 0 bridgehead atoms. The van der Waals surface area contributed by atoms with Crippen LogP contribution in [-0.2, 0) is 10.1 Å². The van der Waals surface area contributed by atoms with Gasteiger partial charge in [-0.2, -0.15) is 8.42 Å². The molecule has 0 spiro atoms. The van der Waals surface area contributed by atoms with E-state index in [-0.39, 0.29) is 58.2 Å². The van der Waals surface area contributed by atoms with Crippen LogP contribution in [0, 0.1) is 52.3 Å². The zero-order valence-corrected chi connectivity index (χ0v) is 21.7. The minimum absolute atomic E-state index is 0.0469. The van der Waals surface area contributed by atoms with E-state index in [2.05, 4.69) is 27.7 Å². The Bertz CT molecular complexity index is 816. The maximum atomic E-state index is 11.7. The van der Waals surface area contributed by atoms with Crippen LogP contribution in [0.2, 0.25) is 0 Å². The molecule has 4 saturated carbocycles. The normalized spacial score (nSPS) is 50.8. The molecule has 4 fully saturated rings. The smallest absolute Gasteiger partial charge is 0.264 e. The molecule has 4 aliphatic rings. The van der Waals surface area contributed by atoms with E-state index in [1.807, 2.05) is 0 Å². The molecular weight excluding hydrogens is 440 g/mol. The van der Waals surface area contributed by atoms with Crippen LogP contribution in [0.3, 0.4) is 0 Å². The Morgan fingerprint density at radius 2 is 1.70 bits per heavy atom. The monoisotopic (exact) mass is 486 g/mol. The highest BCUT2D eigenvalue weighted by Gasteiger charge is 2.67. The van der Waals surface area contributed by atoms with Crippen molar-refractivity contribution in [1.82, 2.24) is 0 Å². The van der Waals surface area contributed by atoms with Gasteiger partial charge in [-0.05, 0) is 104 Å². The molecule has 0 heterocycles. The SMILES string of the molecule is CC[C@H]1[C@@H](O)C2C3CC[C@H]([C@H](C)CCCS(=O)(=O)O)[C@@]3(C)[C@@H](O)CC2[C@@]2(C)CC[C@@H](O)C[C@@H]12. The minimum Gasteiger partial charge on any atom is -0.393 e. The molecule has 0 radical (unpaired) electrons. The third kappa shape index (κ3) is 4.22. The van der Waals surface area contributed by atoms with E-state index in [1.165, 1.54) is 0 Å². The summed E-state index contributed by atoms with van der Waals surface area (Å²) in [6.07, 6.45) is 6.21. The molecule has 0 aromatic carbocycles. The fraction of sp³-hybridized carbons (Fsp3) is 1.00. The summed E-state index contributed by atoms with van der Waals surface area (Å²) in [7, 11) is -3.95. The number of fused-ring (bicyclic) bond motifs is 5. The van der Waals surface area contributed by atoms with Crippen molar-refractivity contribution in [2.24, 2.45) is 52.3 Å². The predicted molar refractivity (Wildman–Crippen MR) is 128 cm³/mol. The fourth-order valence-corrected chi connectivity index (χ4v) is 10.2. The van der Waals surface area contributed by atoms with Crippen molar-refractivity contribution in [1.29, 1.82) is 0 Å². The van der Waals surface area contributed by atoms with E-state index < -0.39 is 22.3 Å². The van der Waals surface area contributed by atoms with Crippen LogP contribution in [0.15, 0.2) is 0 Å². The summed E-state index contributed by atoms with van der Waals surface area (Å²) < 4.78 is 31.4. The molecule has 0 saturated heterocycles. The van der Waals surface area contributed by atoms with Crippen molar-refractivity contribution < 1.29 is 28.3 Å². The summed E-state index contributed by atoms with van der Waals surface area (Å²) in [5.41, 5.74) is -0.235. The third-order valence-electron chi connectivity index (χ3n) is 11.3. The Labute approximate surface area is 200 Å². The lowest BCUT2D eigenvalue weighted by Gasteiger charge is -2.65. The molecule has 33 heavy (non-hydrogen) atoms. The van der Waals surface area contributed by atoms with Crippen molar-refractivity contribution in [3.05, 3.63) is 0 Å². The molecule has 12 atom stereocenters. The number of aliphatic hydroxyl groups excluding tert-OH is 3. The first-order chi connectivity index (χ1) is 15.3. The molecule has 0 aliphatic heterocycles. The van der Waals surface area contributed by atoms with Crippen LogP contribution >= 0.6 is 0 Å². The van der Waals surface area contributed by atoms with Gasteiger partial charge in [0.15, 0.2) is 0 Å². The zero-order valence-electron chi connectivity index (χ0n) is 20.9. The molecule has 7 heteroatoms. The van der Waals surface area contributed by atoms with Gasteiger partial charge in [-0.3, -0.25) is 4.55 Å². The molecular formula is C26H46O6S. The van der Waals surface area contributed by atoms with Gasteiger partial charge in [-0.15, -0.1) is 0 Å². The van der Waals surface area contributed by atoms with E-state index >= 15 is 0 Å². The van der Waals surface area contributed by atoms with Crippen molar-refractivity contribution in [2.75, 3.05) is 5.75 Å². The van der Waals surface area contributed by atoms with E-state index in [4.69, 9.17) is 4.55 Å². The van der Waals surface area contributed by atoms with Crippen LogP contribution in [0.1, 0.15) is 85.5 Å². The topological polar surface area (TPSA) is 115 Å². The van der Waals surface area contributed by atoms with E-state index in [0.29, 0.717) is 25.2 Å². The molecule has 4 N–H and O–H groups in total. The first-order valence-corrected chi connectivity index (χ1v) is 14.9. The van der Waals surface area contributed by atoms with Gasteiger partial charge in [0.2, 0.25) is 0 Å². The molecule has 192 valence electrons. The third-order valence-corrected chi connectivity index (χ3v) is 12.1. The van der Waals surface area contributed by atoms with Crippen LogP contribution in [0.25, 0.3) is 0 Å². The minimum atomic E-state index is -3.95. The van der Waals surface area contributed by atoms with Crippen molar-refractivity contribution in [3.8, 4) is 0 Å². The highest BCUT2D eigenvalue weighted by molar-refractivity contribution is 7.85. The standard InChI is InChI=1S/C26H46O6S/c1-5-17-20-13-16(27)10-11-25(20,3)21-14-22(28)26(4)18(8-9-19(26)23(21)24(17)29)15(2)7-6-12-33(30,31)32/h15-24,27-29H,5-14H2,1-4H3,(H,30,31,32)/t15-,16-,17-,18-,19?,20+,21?,22+,23?,24-,25+,26-/m1/s1. The quantitative estimate of drug-likeness (QED) is 0.424. The Morgan fingerprint density at radius 1 is 1.00 bits per heavy atom. The lowest BCUT2D eigenvalue weighted by atomic mass is 9.41. The van der Waals surface area contributed by atoms with Crippen LogP contribution in [0.4, 0.5) is 0 Å². The highest BCUT2D eigenvalue weighted by atomic mass is 32.2. The summed E-state index contributed by atoms with van der Waals surface area (Å²) in [5, 5.41) is 33.8. The fourth-order valence-electron chi connectivity index (χ4n) is 9.68. The van der Waals surface area contributed by atoms with Gasteiger partial charge in [-0.25, -0.2) is 0 Å². The van der Waals surface area contributed by atoms with Crippen LogP contribution in [0.5, 0.6) is 0 Å². The number of hydrogen-bond acceptors (Lipinski definition) is 5. The van der Waals surface area contributed by atoms with Gasteiger partial charge < -0.3 is 15.3 Å². The average molecular weight is 487 g/mol. The Kier molecular flexibility index (Phi) is 7.07. The average Bonchev–Trinajstić information content (AvgIpc) is 3.08. The summed E-state index contributed by atoms with van der Waals surface area (Å²) in [6.45, 7) is 8.92. The van der Waals surface area contributed by atoms with Crippen LogP contribution < -0.4 is 0 Å². The maximum absolute atomic E-state index is 11.7. The second-order valence-electron chi connectivity index (χ2n) is 12.6. The highest BCUT2D eigenvalue weighted by Crippen LogP contribution is 2.69. The summed E-state index contributed by atoms with van der Waals surface area (Å²) >= 11 is 0. The Hall–Kier alpha value is -0.210. The van der Waals surface area contributed by atoms with Gasteiger partial charge in [0.25, 0.3) is 10.1 Å². The molecule has 6 nitrogen and oxygen atoms in total. The second-order valence-corrected chi connectivity index (χ2v) is 14.2. The van der Waals surface area contributed by atoms with Gasteiger partial charge >= 0.3 is 0 Å². The number of rotatable bonds is 6. The van der Waals surface area contributed by atoms with Crippen molar-refractivity contribution in [2.45, 2.75) is 104 Å².